The van der Waals surface area contributed by atoms with E-state index in [9.17, 15) is 0 Å². The molecule has 2 N–H and O–H groups in total. The fourth-order valence-corrected chi connectivity index (χ4v) is 2.95. The van der Waals surface area contributed by atoms with Crippen molar-refractivity contribution in [2.45, 2.75) is 45.2 Å². The van der Waals surface area contributed by atoms with Crippen molar-refractivity contribution < 1.29 is 0 Å². The number of rotatable bonds is 3. The van der Waals surface area contributed by atoms with Gasteiger partial charge in [-0.15, -0.1) is 0 Å². The zero-order chi connectivity index (χ0) is 12.5. The van der Waals surface area contributed by atoms with Crippen molar-refractivity contribution in [2.24, 2.45) is 5.73 Å². The monoisotopic (exact) mass is 233 g/mol. The Kier molecular flexibility index (Phi) is 3.50. The van der Waals surface area contributed by atoms with Gasteiger partial charge in [0.05, 0.1) is 0 Å². The van der Waals surface area contributed by atoms with E-state index in [2.05, 4.69) is 36.7 Å². The van der Waals surface area contributed by atoms with Crippen molar-refractivity contribution in [2.75, 3.05) is 13.1 Å². The summed E-state index contributed by atoms with van der Waals surface area (Å²) in [6, 6.07) is 2.38. The molecule has 94 valence electrons. The summed E-state index contributed by atoms with van der Waals surface area (Å²) in [5.41, 5.74) is 8.83. The summed E-state index contributed by atoms with van der Waals surface area (Å²) in [5.74, 6) is 0. The van der Waals surface area contributed by atoms with Gasteiger partial charge in [-0.1, -0.05) is 0 Å². The van der Waals surface area contributed by atoms with Crippen LogP contribution in [0.1, 0.15) is 43.9 Å². The summed E-state index contributed by atoms with van der Waals surface area (Å²) in [5, 5.41) is 0. The molecule has 0 aliphatic carbocycles. The van der Waals surface area contributed by atoms with Crippen LogP contribution in [0, 0.1) is 6.92 Å². The highest BCUT2D eigenvalue weighted by Gasteiger charge is 2.37. The van der Waals surface area contributed by atoms with E-state index in [0.717, 1.165) is 6.54 Å². The maximum atomic E-state index is 6.01. The molecule has 1 aliphatic heterocycles. The van der Waals surface area contributed by atoms with E-state index >= 15 is 0 Å². The van der Waals surface area contributed by atoms with Crippen molar-refractivity contribution in [3.63, 3.8) is 0 Å². The molecule has 2 heterocycles. The first-order valence-corrected chi connectivity index (χ1v) is 6.43. The lowest BCUT2D eigenvalue weighted by molar-refractivity contribution is 0.118. The standard InChI is InChI=1S/C14H23N3/c1-11-5-7-16-10-12(11)13(9-15)17-8-4-6-14(17,2)3/h5,7,10,13H,4,6,8-9,15H2,1-3H3. The fraction of sp³-hybridized carbons (Fsp3) is 0.643. The van der Waals surface area contributed by atoms with Crippen LogP contribution in [0.3, 0.4) is 0 Å². The zero-order valence-corrected chi connectivity index (χ0v) is 11.1. The number of nitrogens with zero attached hydrogens (tertiary/aromatic N) is 2. The largest absolute Gasteiger partial charge is 0.329 e. The van der Waals surface area contributed by atoms with Crippen molar-refractivity contribution in [3.05, 3.63) is 29.6 Å². The first kappa shape index (κ1) is 12.5. The smallest absolute Gasteiger partial charge is 0.0493 e. The summed E-state index contributed by atoms with van der Waals surface area (Å²) in [6.07, 6.45) is 6.34. The molecule has 1 saturated heterocycles. The molecular weight excluding hydrogens is 210 g/mol. The first-order valence-electron chi connectivity index (χ1n) is 6.43. The van der Waals surface area contributed by atoms with Gasteiger partial charge in [-0.25, -0.2) is 0 Å². The molecule has 3 heteroatoms. The highest BCUT2D eigenvalue weighted by atomic mass is 15.2. The van der Waals surface area contributed by atoms with Crippen molar-refractivity contribution >= 4 is 0 Å². The highest BCUT2D eigenvalue weighted by molar-refractivity contribution is 5.26. The lowest BCUT2D eigenvalue weighted by Crippen LogP contribution is -2.43. The Balaban J connectivity index is 2.31. The molecule has 3 nitrogen and oxygen atoms in total. The Morgan fingerprint density at radius 3 is 2.82 bits per heavy atom. The predicted molar refractivity (Wildman–Crippen MR) is 70.8 cm³/mol. The van der Waals surface area contributed by atoms with Crippen LogP contribution in [0.15, 0.2) is 18.5 Å². The molecule has 2 rings (SSSR count). The summed E-state index contributed by atoms with van der Waals surface area (Å²) < 4.78 is 0. The molecule has 0 aromatic carbocycles. The maximum Gasteiger partial charge on any atom is 0.0493 e. The van der Waals surface area contributed by atoms with Gasteiger partial charge in [0.2, 0.25) is 0 Å². The summed E-state index contributed by atoms with van der Waals surface area (Å²) >= 11 is 0. The van der Waals surface area contributed by atoms with E-state index in [4.69, 9.17) is 5.73 Å². The van der Waals surface area contributed by atoms with Crippen LogP contribution >= 0.6 is 0 Å². The molecule has 1 atom stereocenters. The second-order valence-corrected chi connectivity index (χ2v) is 5.59. The van der Waals surface area contributed by atoms with Crippen LogP contribution in [-0.2, 0) is 0 Å². The number of hydrogen-bond acceptors (Lipinski definition) is 3. The minimum Gasteiger partial charge on any atom is -0.329 e. The molecule has 1 unspecified atom stereocenters. The Labute approximate surface area is 104 Å². The molecule has 0 saturated carbocycles. The van der Waals surface area contributed by atoms with Crippen LogP contribution in [0.25, 0.3) is 0 Å². The molecule has 0 spiro atoms. The van der Waals surface area contributed by atoms with Gasteiger partial charge in [-0.05, 0) is 57.4 Å². The van der Waals surface area contributed by atoms with E-state index in [1.165, 1.54) is 24.0 Å². The van der Waals surface area contributed by atoms with E-state index in [0.29, 0.717) is 12.6 Å². The average molecular weight is 233 g/mol. The Bertz CT molecular complexity index is 387. The van der Waals surface area contributed by atoms with Crippen LogP contribution in [0.4, 0.5) is 0 Å². The lowest BCUT2D eigenvalue weighted by Gasteiger charge is -2.38. The average Bonchev–Trinajstić information content (AvgIpc) is 2.63. The Morgan fingerprint density at radius 2 is 2.29 bits per heavy atom. The zero-order valence-electron chi connectivity index (χ0n) is 11.1. The SMILES string of the molecule is Cc1ccncc1C(CN)N1CCCC1(C)C. The molecule has 1 aliphatic rings. The van der Waals surface area contributed by atoms with E-state index in [1.54, 1.807) is 0 Å². The molecule has 1 fully saturated rings. The minimum absolute atomic E-state index is 0.256. The van der Waals surface area contributed by atoms with Crippen LogP contribution < -0.4 is 5.73 Å². The Hall–Kier alpha value is -0.930. The highest BCUT2D eigenvalue weighted by Crippen LogP contribution is 2.36. The second-order valence-electron chi connectivity index (χ2n) is 5.59. The number of aryl methyl sites for hydroxylation is 1. The molecule has 0 amide bonds. The van der Waals surface area contributed by atoms with Gasteiger partial charge >= 0.3 is 0 Å². The lowest BCUT2D eigenvalue weighted by atomic mass is 9.96. The van der Waals surface area contributed by atoms with Gasteiger partial charge in [-0.3, -0.25) is 9.88 Å². The van der Waals surface area contributed by atoms with E-state index < -0.39 is 0 Å². The fourth-order valence-electron chi connectivity index (χ4n) is 2.95. The third kappa shape index (κ3) is 2.35. The van der Waals surface area contributed by atoms with Gasteiger partial charge in [-0.2, -0.15) is 0 Å². The van der Waals surface area contributed by atoms with Gasteiger partial charge in [0.1, 0.15) is 0 Å². The molecule has 1 aromatic heterocycles. The molecule has 0 radical (unpaired) electrons. The van der Waals surface area contributed by atoms with Gasteiger partial charge < -0.3 is 5.73 Å². The predicted octanol–water partition coefficient (Wildman–Crippen LogP) is 2.26. The number of hydrogen-bond donors (Lipinski definition) is 1. The topological polar surface area (TPSA) is 42.1 Å². The molecule has 17 heavy (non-hydrogen) atoms. The van der Waals surface area contributed by atoms with Gasteiger partial charge in [0, 0.05) is 30.5 Å². The summed E-state index contributed by atoms with van der Waals surface area (Å²) in [4.78, 5) is 6.79. The molecular formula is C14H23N3. The number of pyridine rings is 1. The quantitative estimate of drug-likeness (QED) is 0.870. The van der Waals surface area contributed by atoms with E-state index in [1.807, 2.05) is 12.4 Å². The van der Waals surface area contributed by atoms with Gasteiger partial charge in [0.25, 0.3) is 0 Å². The summed E-state index contributed by atoms with van der Waals surface area (Å²) in [6.45, 7) is 8.57. The van der Waals surface area contributed by atoms with Crippen LogP contribution in [0.2, 0.25) is 0 Å². The third-order valence-electron chi connectivity index (χ3n) is 4.00. The van der Waals surface area contributed by atoms with Crippen molar-refractivity contribution in [1.29, 1.82) is 0 Å². The normalized spacial score (nSPS) is 21.6. The van der Waals surface area contributed by atoms with Gasteiger partial charge in [0.15, 0.2) is 0 Å². The second kappa shape index (κ2) is 4.75. The van der Waals surface area contributed by atoms with Crippen LogP contribution in [-0.4, -0.2) is 28.5 Å². The Morgan fingerprint density at radius 1 is 1.53 bits per heavy atom. The number of likely N-dealkylation sites (tertiary alicyclic amines) is 1. The maximum absolute atomic E-state index is 6.01. The summed E-state index contributed by atoms with van der Waals surface area (Å²) in [7, 11) is 0. The molecule has 0 bridgehead atoms. The third-order valence-corrected chi connectivity index (χ3v) is 4.00. The molecule has 1 aromatic rings. The van der Waals surface area contributed by atoms with Crippen molar-refractivity contribution in [3.8, 4) is 0 Å². The minimum atomic E-state index is 0.256. The van der Waals surface area contributed by atoms with Crippen LogP contribution in [0.5, 0.6) is 0 Å². The first-order chi connectivity index (χ1) is 8.06. The number of nitrogens with two attached hydrogens (primary N) is 1. The van der Waals surface area contributed by atoms with Crippen molar-refractivity contribution in [1.82, 2.24) is 9.88 Å². The number of aromatic nitrogens is 1. The van der Waals surface area contributed by atoms with E-state index in [-0.39, 0.29) is 5.54 Å².